The molecule has 6 heteroatoms. The van der Waals surface area contributed by atoms with Gasteiger partial charge in [-0.3, -0.25) is 9.59 Å². The van der Waals surface area contributed by atoms with Crippen molar-refractivity contribution in [1.29, 1.82) is 0 Å². The first-order valence-electron chi connectivity index (χ1n) is 8.05. The molecule has 1 aliphatic carbocycles. The van der Waals surface area contributed by atoms with Gasteiger partial charge in [0.05, 0.1) is 12.7 Å². The number of carbonyl (C=O) groups excluding carboxylic acids is 1. The number of carbonyl (C=O) groups is 2. The third-order valence-corrected chi connectivity index (χ3v) is 5.02. The smallest absolute Gasteiger partial charge is 0.303 e. The SMILES string of the molecule is Cc1ccc(OC[C@H]2[C@H](O)CC(=O)[C@@H]2CC#CCCCC(=O)O)s1. The Bertz CT molecular complexity index is 639. The Morgan fingerprint density at radius 3 is 2.88 bits per heavy atom. The van der Waals surface area contributed by atoms with Crippen molar-refractivity contribution in [1.82, 2.24) is 0 Å². The van der Waals surface area contributed by atoms with Gasteiger partial charge in [-0.2, -0.15) is 0 Å². The first kappa shape index (κ1) is 18.5. The molecule has 0 aliphatic heterocycles. The number of unbranched alkanes of at least 4 members (excludes halogenated alkanes) is 1. The maximum Gasteiger partial charge on any atom is 0.303 e. The summed E-state index contributed by atoms with van der Waals surface area (Å²) in [6.07, 6.45) is 0.979. The van der Waals surface area contributed by atoms with Crippen molar-refractivity contribution in [3.63, 3.8) is 0 Å². The highest BCUT2D eigenvalue weighted by Gasteiger charge is 2.41. The van der Waals surface area contributed by atoms with Gasteiger partial charge in [-0.05, 0) is 25.5 Å². The minimum Gasteiger partial charge on any atom is -0.484 e. The molecule has 1 aromatic heterocycles. The number of ether oxygens (including phenoxy) is 1. The van der Waals surface area contributed by atoms with Crippen LogP contribution in [0.15, 0.2) is 12.1 Å². The molecule has 5 nitrogen and oxygen atoms in total. The fraction of sp³-hybridized carbons (Fsp3) is 0.556. The predicted molar refractivity (Wildman–Crippen MR) is 91.0 cm³/mol. The zero-order valence-electron chi connectivity index (χ0n) is 13.7. The summed E-state index contributed by atoms with van der Waals surface area (Å²) in [5.41, 5.74) is 0. The number of aryl methyl sites for hydroxylation is 1. The van der Waals surface area contributed by atoms with E-state index >= 15 is 0 Å². The molecule has 3 atom stereocenters. The van der Waals surface area contributed by atoms with Gasteiger partial charge in [0.2, 0.25) is 0 Å². The first-order valence-corrected chi connectivity index (χ1v) is 8.86. The second-order valence-electron chi connectivity index (χ2n) is 5.99. The molecule has 0 bridgehead atoms. The molecule has 1 saturated carbocycles. The molecular formula is C18H22O5S. The third-order valence-electron chi connectivity index (χ3n) is 4.11. The van der Waals surface area contributed by atoms with Crippen molar-refractivity contribution in [2.45, 2.75) is 45.1 Å². The number of aliphatic carboxylic acids is 1. The molecule has 0 spiro atoms. The van der Waals surface area contributed by atoms with Crippen molar-refractivity contribution in [2.75, 3.05) is 6.61 Å². The lowest BCUT2D eigenvalue weighted by Crippen LogP contribution is -2.26. The zero-order valence-corrected chi connectivity index (χ0v) is 14.5. The van der Waals surface area contributed by atoms with E-state index in [2.05, 4.69) is 11.8 Å². The summed E-state index contributed by atoms with van der Waals surface area (Å²) in [5.74, 6) is 4.52. The number of aliphatic hydroxyl groups excluding tert-OH is 1. The summed E-state index contributed by atoms with van der Waals surface area (Å²) in [6.45, 7) is 2.30. The van der Waals surface area contributed by atoms with Gasteiger partial charge >= 0.3 is 5.97 Å². The summed E-state index contributed by atoms with van der Waals surface area (Å²) in [4.78, 5) is 23.6. The van der Waals surface area contributed by atoms with Gasteiger partial charge in [0.25, 0.3) is 0 Å². The quantitative estimate of drug-likeness (QED) is 0.583. The molecule has 1 aliphatic rings. The minimum absolute atomic E-state index is 0.0262. The Balaban J connectivity index is 1.85. The van der Waals surface area contributed by atoms with Crippen LogP contribution in [0, 0.1) is 30.6 Å². The van der Waals surface area contributed by atoms with Crippen LogP contribution in [-0.4, -0.2) is 34.7 Å². The molecule has 24 heavy (non-hydrogen) atoms. The van der Waals surface area contributed by atoms with E-state index in [1.807, 2.05) is 19.1 Å². The molecule has 0 unspecified atom stereocenters. The summed E-state index contributed by atoms with van der Waals surface area (Å²) in [5, 5.41) is 19.5. The largest absolute Gasteiger partial charge is 0.484 e. The van der Waals surface area contributed by atoms with Crippen LogP contribution in [-0.2, 0) is 9.59 Å². The number of hydrogen-bond donors (Lipinski definition) is 2. The van der Waals surface area contributed by atoms with Crippen molar-refractivity contribution in [3.05, 3.63) is 17.0 Å². The van der Waals surface area contributed by atoms with Crippen LogP contribution in [0.4, 0.5) is 0 Å². The number of rotatable bonds is 7. The van der Waals surface area contributed by atoms with Gasteiger partial charge in [0.1, 0.15) is 5.78 Å². The number of carboxylic acid groups (broad SMARTS) is 1. The molecule has 1 fully saturated rings. The van der Waals surface area contributed by atoms with Gasteiger partial charge in [-0.25, -0.2) is 0 Å². The van der Waals surface area contributed by atoms with Gasteiger partial charge in [0, 0.05) is 42.4 Å². The summed E-state index contributed by atoms with van der Waals surface area (Å²) in [7, 11) is 0. The monoisotopic (exact) mass is 350 g/mol. The predicted octanol–water partition coefficient (Wildman–Crippen LogP) is 2.65. The summed E-state index contributed by atoms with van der Waals surface area (Å²) < 4.78 is 5.72. The highest BCUT2D eigenvalue weighted by Crippen LogP contribution is 2.33. The average molecular weight is 350 g/mol. The molecule has 0 saturated heterocycles. The van der Waals surface area contributed by atoms with Gasteiger partial charge in [-0.15, -0.1) is 23.2 Å². The fourth-order valence-corrected chi connectivity index (χ4v) is 3.49. The summed E-state index contributed by atoms with van der Waals surface area (Å²) >= 11 is 1.54. The number of ketones is 1. The van der Waals surface area contributed by atoms with E-state index in [-0.39, 0.29) is 30.5 Å². The summed E-state index contributed by atoms with van der Waals surface area (Å²) in [6, 6.07) is 3.86. The maximum absolute atomic E-state index is 12.1. The van der Waals surface area contributed by atoms with Crippen LogP contribution < -0.4 is 4.74 Å². The van der Waals surface area contributed by atoms with Crippen LogP contribution in [0.25, 0.3) is 0 Å². The van der Waals surface area contributed by atoms with Crippen LogP contribution >= 0.6 is 11.3 Å². The van der Waals surface area contributed by atoms with E-state index in [9.17, 15) is 14.7 Å². The number of carboxylic acids is 1. The molecule has 0 radical (unpaired) electrons. The van der Waals surface area contributed by atoms with Crippen LogP contribution in [0.1, 0.15) is 37.0 Å². The van der Waals surface area contributed by atoms with E-state index in [4.69, 9.17) is 9.84 Å². The molecule has 0 amide bonds. The maximum atomic E-state index is 12.1. The average Bonchev–Trinajstić information content (AvgIpc) is 3.04. The Kier molecular flexibility index (Phi) is 6.83. The number of Topliss-reactive ketones (excluding diaryl/α,β-unsaturated/α-hetero) is 1. The van der Waals surface area contributed by atoms with E-state index in [0.717, 1.165) is 9.94 Å². The Morgan fingerprint density at radius 1 is 1.42 bits per heavy atom. The van der Waals surface area contributed by atoms with Crippen molar-refractivity contribution >= 4 is 23.1 Å². The van der Waals surface area contributed by atoms with Gasteiger partial charge in [0.15, 0.2) is 5.06 Å². The highest BCUT2D eigenvalue weighted by molar-refractivity contribution is 7.13. The molecule has 130 valence electrons. The lowest BCUT2D eigenvalue weighted by Gasteiger charge is -2.19. The molecule has 2 N–H and O–H groups in total. The van der Waals surface area contributed by atoms with Crippen LogP contribution in [0.2, 0.25) is 0 Å². The Labute approximate surface area is 145 Å². The van der Waals surface area contributed by atoms with Gasteiger partial charge < -0.3 is 14.9 Å². The van der Waals surface area contributed by atoms with Gasteiger partial charge in [-0.1, -0.05) is 0 Å². The van der Waals surface area contributed by atoms with E-state index < -0.39 is 12.1 Å². The molecule has 2 rings (SSSR count). The normalized spacial score (nSPS) is 22.9. The zero-order chi connectivity index (χ0) is 17.5. The second-order valence-corrected chi connectivity index (χ2v) is 7.24. The van der Waals surface area contributed by atoms with E-state index in [1.54, 1.807) is 0 Å². The molecule has 0 aromatic carbocycles. The third kappa shape index (κ3) is 5.36. The number of aliphatic hydroxyl groups is 1. The fourth-order valence-electron chi connectivity index (χ4n) is 2.77. The first-order chi connectivity index (χ1) is 11.5. The topological polar surface area (TPSA) is 83.8 Å². The number of thiophene rings is 1. The lowest BCUT2D eigenvalue weighted by atomic mass is 9.92. The van der Waals surface area contributed by atoms with E-state index in [1.165, 1.54) is 11.3 Å². The van der Waals surface area contributed by atoms with Crippen molar-refractivity contribution in [3.8, 4) is 16.9 Å². The van der Waals surface area contributed by atoms with Crippen molar-refractivity contribution in [2.24, 2.45) is 11.8 Å². The minimum atomic E-state index is -0.827. The molecule has 1 heterocycles. The number of hydrogen-bond acceptors (Lipinski definition) is 5. The standard InChI is InChI=1S/C18H22O5S/c1-12-8-9-18(24-12)23-11-14-13(15(19)10-16(14)20)6-4-2-3-5-7-17(21)22/h8-9,13-14,16,20H,3,5-7,10-11H2,1H3,(H,21,22)/t13-,14-,16-/m1/s1. The van der Waals surface area contributed by atoms with Crippen LogP contribution in [0.3, 0.4) is 0 Å². The second kappa shape index (κ2) is 8.86. The molecular weight excluding hydrogens is 328 g/mol. The lowest BCUT2D eigenvalue weighted by molar-refractivity contribution is -0.137. The van der Waals surface area contributed by atoms with Crippen molar-refractivity contribution < 1.29 is 24.5 Å². The Morgan fingerprint density at radius 2 is 2.21 bits per heavy atom. The highest BCUT2D eigenvalue weighted by atomic mass is 32.1. The van der Waals surface area contributed by atoms with Crippen LogP contribution in [0.5, 0.6) is 5.06 Å². The molecule has 1 aromatic rings. The van der Waals surface area contributed by atoms with E-state index in [0.29, 0.717) is 25.9 Å². The Hall–Kier alpha value is -1.84.